The van der Waals surface area contributed by atoms with Crippen molar-refractivity contribution in [2.24, 2.45) is 0 Å². The fraction of sp³-hybridized carbons (Fsp3) is 0.353. The normalized spacial score (nSPS) is 16.2. The molecule has 0 atom stereocenters. The van der Waals surface area contributed by atoms with Gasteiger partial charge in [-0.3, -0.25) is 4.79 Å². The lowest BCUT2D eigenvalue weighted by Gasteiger charge is -2.13. The minimum atomic E-state index is -3.68. The molecule has 0 radical (unpaired) electrons. The van der Waals surface area contributed by atoms with Gasteiger partial charge in [0, 0.05) is 25.0 Å². The van der Waals surface area contributed by atoms with Crippen molar-refractivity contribution in [3.63, 3.8) is 0 Å². The van der Waals surface area contributed by atoms with Gasteiger partial charge in [-0.25, -0.2) is 13.1 Å². The minimum absolute atomic E-state index is 0.101. The Morgan fingerprint density at radius 3 is 2.73 bits per heavy atom. The molecule has 7 nitrogen and oxygen atoms in total. The lowest BCUT2D eigenvalue weighted by molar-refractivity contribution is 0.0793. The number of rotatable bonds is 5. The summed E-state index contributed by atoms with van der Waals surface area (Å²) in [6, 6.07) is 6.74. The van der Waals surface area contributed by atoms with Crippen LogP contribution in [0, 0.1) is 0 Å². The minimum Gasteiger partial charge on any atom is -0.454 e. The van der Waals surface area contributed by atoms with E-state index in [0.29, 0.717) is 17.1 Å². The Morgan fingerprint density at radius 1 is 1.15 bits per heavy atom. The number of nitrogens with zero attached hydrogens (tertiary/aromatic N) is 1. The Bertz CT molecular complexity index is 932. The summed E-state index contributed by atoms with van der Waals surface area (Å²) in [5.41, 5.74) is 1.20. The van der Waals surface area contributed by atoms with Crippen molar-refractivity contribution < 1.29 is 22.7 Å². The van der Waals surface area contributed by atoms with E-state index in [-0.39, 0.29) is 23.5 Å². The molecule has 1 aromatic heterocycles. The van der Waals surface area contributed by atoms with Crippen LogP contribution in [0.5, 0.6) is 11.5 Å². The number of carbonyl (C=O) groups is 1. The highest BCUT2D eigenvalue weighted by molar-refractivity contribution is 7.91. The van der Waals surface area contributed by atoms with Crippen LogP contribution < -0.4 is 14.2 Å². The van der Waals surface area contributed by atoms with Gasteiger partial charge in [-0.2, -0.15) is 0 Å². The van der Waals surface area contributed by atoms with Gasteiger partial charge in [-0.05, 0) is 36.6 Å². The Morgan fingerprint density at radius 2 is 1.92 bits per heavy atom. The molecular weight excluding hydrogens is 376 g/mol. The van der Waals surface area contributed by atoms with Crippen LogP contribution in [0.4, 0.5) is 0 Å². The maximum Gasteiger partial charge on any atom is 0.254 e. The smallest absolute Gasteiger partial charge is 0.254 e. The van der Waals surface area contributed by atoms with Crippen molar-refractivity contribution in [3.05, 3.63) is 40.8 Å². The maximum atomic E-state index is 12.5. The van der Waals surface area contributed by atoms with Gasteiger partial charge in [0.1, 0.15) is 4.21 Å². The summed E-state index contributed by atoms with van der Waals surface area (Å²) in [6.45, 7) is 1.78. The van der Waals surface area contributed by atoms with Crippen LogP contribution in [0.2, 0.25) is 0 Å². The summed E-state index contributed by atoms with van der Waals surface area (Å²) in [6.07, 6.45) is 2.00. The van der Waals surface area contributed by atoms with E-state index in [2.05, 4.69) is 4.72 Å². The van der Waals surface area contributed by atoms with Gasteiger partial charge in [0.05, 0.1) is 5.56 Å². The van der Waals surface area contributed by atoms with Gasteiger partial charge < -0.3 is 14.4 Å². The van der Waals surface area contributed by atoms with Crippen LogP contribution in [0.3, 0.4) is 0 Å². The third kappa shape index (κ3) is 3.42. The van der Waals surface area contributed by atoms with Crippen molar-refractivity contribution >= 4 is 27.3 Å². The standard InChI is InChI=1S/C17H18N2O5S2/c20-17(19-5-1-2-6-19)13-8-16(25-10-13)26(21,22)18-9-12-3-4-14-15(7-12)24-11-23-14/h3-4,7-8,10,18H,1-2,5-6,9,11H2. The Kier molecular flexibility index (Phi) is 4.60. The molecule has 4 rings (SSSR count). The van der Waals surface area contributed by atoms with E-state index in [1.54, 1.807) is 28.5 Å². The predicted octanol–water partition coefficient (Wildman–Crippen LogP) is 2.19. The van der Waals surface area contributed by atoms with Gasteiger partial charge in [0.25, 0.3) is 5.91 Å². The van der Waals surface area contributed by atoms with Gasteiger partial charge in [-0.1, -0.05) is 6.07 Å². The molecule has 0 bridgehead atoms. The van der Waals surface area contributed by atoms with Crippen molar-refractivity contribution in [1.29, 1.82) is 0 Å². The fourth-order valence-corrected chi connectivity index (χ4v) is 5.19. The Labute approximate surface area is 155 Å². The van der Waals surface area contributed by atoms with Gasteiger partial charge >= 0.3 is 0 Å². The summed E-state index contributed by atoms with van der Waals surface area (Å²) >= 11 is 1.06. The summed E-state index contributed by atoms with van der Waals surface area (Å²) < 4.78 is 38.3. The third-order valence-electron chi connectivity index (χ3n) is 4.38. The molecular formula is C17H18N2O5S2. The molecule has 26 heavy (non-hydrogen) atoms. The molecule has 2 aliphatic rings. The quantitative estimate of drug-likeness (QED) is 0.840. The number of hydrogen-bond acceptors (Lipinski definition) is 6. The number of hydrogen-bond donors (Lipinski definition) is 1. The van der Waals surface area contributed by atoms with Crippen molar-refractivity contribution in [3.8, 4) is 11.5 Å². The third-order valence-corrected chi connectivity index (χ3v) is 7.22. The molecule has 1 N–H and O–H groups in total. The Balaban J connectivity index is 1.44. The first kappa shape index (κ1) is 17.3. The highest BCUT2D eigenvalue weighted by Crippen LogP contribution is 2.32. The van der Waals surface area contributed by atoms with Crippen LogP contribution in [0.15, 0.2) is 33.9 Å². The highest BCUT2D eigenvalue weighted by Gasteiger charge is 2.24. The summed E-state index contributed by atoms with van der Waals surface area (Å²) in [7, 11) is -3.68. The first-order valence-electron chi connectivity index (χ1n) is 8.29. The zero-order chi connectivity index (χ0) is 18.1. The fourth-order valence-electron chi connectivity index (χ4n) is 2.97. The van der Waals surface area contributed by atoms with E-state index in [0.717, 1.165) is 42.8 Å². The molecule has 1 saturated heterocycles. The van der Waals surface area contributed by atoms with Crippen molar-refractivity contribution in [2.45, 2.75) is 23.6 Å². The van der Waals surface area contributed by atoms with Crippen molar-refractivity contribution in [2.75, 3.05) is 19.9 Å². The van der Waals surface area contributed by atoms with E-state index in [4.69, 9.17) is 9.47 Å². The van der Waals surface area contributed by atoms with Gasteiger partial charge in [0.15, 0.2) is 11.5 Å². The van der Waals surface area contributed by atoms with Crippen LogP contribution in [-0.4, -0.2) is 39.1 Å². The number of carbonyl (C=O) groups excluding carboxylic acids is 1. The number of nitrogens with one attached hydrogen (secondary N) is 1. The molecule has 1 amide bonds. The molecule has 1 fully saturated rings. The number of ether oxygens (including phenoxy) is 2. The number of amides is 1. The molecule has 9 heteroatoms. The number of likely N-dealkylation sites (tertiary alicyclic amines) is 1. The SMILES string of the molecule is O=C(c1csc(S(=O)(=O)NCc2ccc3c(c2)OCO3)c1)N1CCCC1. The predicted molar refractivity (Wildman–Crippen MR) is 96.0 cm³/mol. The molecule has 0 unspecified atom stereocenters. The molecule has 0 saturated carbocycles. The summed E-state index contributed by atoms with van der Waals surface area (Å²) in [5.74, 6) is 1.16. The van der Waals surface area contributed by atoms with Crippen LogP contribution in [0.1, 0.15) is 28.8 Å². The topological polar surface area (TPSA) is 84.9 Å². The number of sulfonamides is 1. The average molecular weight is 394 g/mol. The van der Waals surface area contributed by atoms with Gasteiger partial charge in [0.2, 0.25) is 16.8 Å². The second kappa shape index (κ2) is 6.90. The second-order valence-electron chi connectivity index (χ2n) is 6.17. The van der Waals surface area contributed by atoms with Crippen molar-refractivity contribution in [1.82, 2.24) is 9.62 Å². The first-order valence-corrected chi connectivity index (χ1v) is 10.7. The van der Waals surface area contributed by atoms with E-state index >= 15 is 0 Å². The molecule has 0 spiro atoms. The van der Waals surface area contributed by atoms with E-state index in [9.17, 15) is 13.2 Å². The van der Waals surface area contributed by atoms with E-state index in [1.807, 2.05) is 0 Å². The Hall–Kier alpha value is -2.10. The van der Waals surface area contributed by atoms with Crippen LogP contribution in [0.25, 0.3) is 0 Å². The van der Waals surface area contributed by atoms with Gasteiger partial charge in [-0.15, -0.1) is 11.3 Å². The van der Waals surface area contributed by atoms with E-state index in [1.165, 1.54) is 6.07 Å². The lowest BCUT2D eigenvalue weighted by atomic mass is 10.2. The average Bonchev–Trinajstić information content (AvgIpc) is 3.40. The largest absolute Gasteiger partial charge is 0.454 e. The zero-order valence-electron chi connectivity index (χ0n) is 13.9. The molecule has 138 valence electrons. The monoisotopic (exact) mass is 394 g/mol. The number of thiophene rings is 1. The van der Waals surface area contributed by atoms with Crippen LogP contribution in [-0.2, 0) is 16.6 Å². The molecule has 0 aliphatic carbocycles. The number of fused-ring (bicyclic) bond motifs is 1. The molecule has 2 aliphatic heterocycles. The lowest BCUT2D eigenvalue weighted by Crippen LogP contribution is -2.27. The molecule has 1 aromatic carbocycles. The summed E-state index contributed by atoms with van der Waals surface area (Å²) in [5, 5.41) is 1.61. The molecule has 2 aromatic rings. The zero-order valence-corrected chi connectivity index (χ0v) is 15.6. The second-order valence-corrected chi connectivity index (χ2v) is 9.07. The highest BCUT2D eigenvalue weighted by atomic mass is 32.2. The maximum absolute atomic E-state index is 12.5. The first-order chi connectivity index (χ1) is 12.5. The van der Waals surface area contributed by atoms with E-state index < -0.39 is 10.0 Å². The number of benzene rings is 1. The molecule has 3 heterocycles. The van der Waals surface area contributed by atoms with Crippen LogP contribution >= 0.6 is 11.3 Å². The summed E-state index contributed by atoms with van der Waals surface area (Å²) in [4.78, 5) is 14.1.